The van der Waals surface area contributed by atoms with Crippen LogP contribution in [0.3, 0.4) is 0 Å². The van der Waals surface area contributed by atoms with E-state index < -0.39 is 39.5 Å². The predicted octanol–water partition coefficient (Wildman–Crippen LogP) is 1.68. The second-order valence-corrected chi connectivity index (χ2v) is 9.56. The molecule has 1 atom stereocenters. The summed E-state index contributed by atoms with van der Waals surface area (Å²) in [5, 5.41) is 2.77. The summed E-state index contributed by atoms with van der Waals surface area (Å²) in [4.78, 5) is 23.9. The number of nitrogens with two attached hydrogens (primary N) is 1. The van der Waals surface area contributed by atoms with E-state index in [4.69, 9.17) is 5.73 Å². The molecule has 0 aliphatic carbocycles. The fourth-order valence-electron chi connectivity index (χ4n) is 3.62. The van der Waals surface area contributed by atoms with E-state index in [1.807, 2.05) is 0 Å². The SMILES string of the molecule is CC(NC(=O)C1CCN(S(=O)(=O)c2cc(C(N)=O)n(C)c2)CC1)c1ccc(F)c(F)c1. The largest absolute Gasteiger partial charge is 0.364 e. The molecule has 0 saturated carbocycles. The fourth-order valence-corrected chi connectivity index (χ4v) is 5.17. The van der Waals surface area contributed by atoms with Crippen molar-refractivity contribution >= 4 is 21.8 Å². The molecule has 8 nitrogen and oxygen atoms in total. The number of nitrogens with zero attached hydrogens (tertiary/aromatic N) is 2. The first kappa shape index (κ1) is 22.9. The molecule has 0 spiro atoms. The van der Waals surface area contributed by atoms with Gasteiger partial charge in [0.2, 0.25) is 15.9 Å². The molecule has 1 aromatic heterocycles. The van der Waals surface area contributed by atoms with E-state index >= 15 is 0 Å². The smallest absolute Gasteiger partial charge is 0.265 e. The number of amides is 2. The number of nitrogens with one attached hydrogen (secondary N) is 1. The number of carbonyl (C=O) groups excluding carboxylic acids is 2. The van der Waals surface area contributed by atoms with Gasteiger partial charge in [0, 0.05) is 32.3 Å². The van der Waals surface area contributed by atoms with Crippen LogP contribution in [0.1, 0.15) is 41.9 Å². The van der Waals surface area contributed by atoms with E-state index in [0.29, 0.717) is 18.4 Å². The third-order valence-electron chi connectivity index (χ3n) is 5.50. The number of hydrogen-bond donors (Lipinski definition) is 2. The monoisotopic (exact) mass is 454 g/mol. The molecule has 168 valence electrons. The number of aryl methyl sites for hydroxylation is 1. The van der Waals surface area contributed by atoms with Crippen molar-refractivity contribution in [3.8, 4) is 0 Å². The van der Waals surface area contributed by atoms with E-state index in [2.05, 4.69) is 5.32 Å². The second-order valence-electron chi connectivity index (χ2n) is 7.62. The number of halogens is 2. The number of rotatable bonds is 6. The minimum absolute atomic E-state index is 0.0290. The maximum absolute atomic E-state index is 13.4. The van der Waals surface area contributed by atoms with E-state index in [1.165, 1.54) is 34.2 Å². The van der Waals surface area contributed by atoms with Gasteiger partial charge in [-0.1, -0.05) is 6.07 Å². The standard InChI is InChI=1S/C20H24F2N4O4S/c1-12(14-3-4-16(21)17(22)9-14)24-20(28)13-5-7-26(8-6-13)31(29,30)15-10-18(19(23)27)25(2)11-15/h3-4,9-13H,5-8H2,1-2H3,(H2,23,27)(H,24,28). The zero-order valence-corrected chi connectivity index (χ0v) is 18.0. The van der Waals surface area contributed by atoms with Crippen LogP contribution in [-0.4, -0.2) is 42.2 Å². The van der Waals surface area contributed by atoms with Crippen molar-refractivity contribution in [3.63, 3.8) is 0 Å². The Bertz CT molecular complexity index is 1110. The number of aromatic nitrogens is 1. The number of benzene rings is 1. The Kier molecular flexibility index (Phi) is 6.46. The Morgan fingerprint density at radius 3 is 2.35 bits per heavy atom. The summed E-state index contributed by atoms with van der Waals surface area (Å²) < 4.78 is 54.9. The molecule has 3 N–H and O–H groups in total. The first-order valence-electron chi connectivity index (χ1n) is 9.72. The van der Waals surface area contributed by atoms with Crippen molar-refractivity contribution in [2.24, 2.45) is 18.7 Å². The number of primary amides is 1. The van der Waals surface area contributed by atoms with Crippen LogP contribution in [-0.2, 0) is 21.9 Å². The lowest BCUT2D eigenvalue weighted by atomic mass is 9.96. The Hall–Kier alpha value is -2.79. The molecule has 2 heterocycles. The van der Waals surface area contributed by atoms with Crippen LogP contribution >= 0.6 is 0 Å². The average Bonchev–Trinajstić information content (AvgIpc) is 3.13. The molecule has 1 aliphatic heterocycles. The summed E-state index contributed by atoms with van der Waals surface area (Å²) in [6, 6.07) is 4.15. The fraction of sp³-hybridized carbons (Fsp3) is 0.400. The van der Waals surface area contributed by atoms with Crippen molar-refractivity contribution < 1.29 is 26.8 Å². The Morgan fingerprint density at radius 2 is 1.81 bits per heavy atom. The van der Waals surface area contributed by atoms with Gasteiger partial charge in [-0.25, -0.2) is 17.2 Å². The summed E-state index contributed by atoms with van der Waals surface area (Å²) in [5.74, 6) is -3.36. The zero-order valence-electron chi connectivity index (χ0n) is 17.1. The van der Waals surface area contributed by atoms with Gasteiger partial charge in [0.15, 0.2) is 11.6 Å². The molecule has 0 radical (unpaired) electrons. The molecule has 2 amide bonds. The average molecular weight is 454 g/mol. The Labute approximate surface area is 179 Å². The maximum Gasteiger partial charge on any atom is 0.265 e. The zero-order chi connectivity index (χ0) is 22.9. The van der Waals surface area contributed by atoms with Crippen molar-refractivity contribution in [3.05, 3.63) is 53.4 Å². The number of piperidine rings is 1. The van der Waals surface area contributed by atoms with Gasteiger partial charge in [-0.2, -0.15) is 4.31 Å². The van der Waals surface area contributed by atoms with Crippen LogP contribution in [0.5, 0.6) is 0 Å². The minimum atomic E-state index is -3.83. The van der Waals surface area contributed by atoms with Crippen molar-refractivity contribution in [2.45, 2.75) is 30.7 Å². The molecular formula is C20H24F2N4O4S. The second kappa shape index (κ2) is 8.75. The molecule has 3 rings (SSSR count). The van der Waals surface area contributed by atoms with Crippen molar-refractivity contribution in [1.29, 1.82) is 0 Å². The molecule has 1 fully saturated rings. The third-order valence-corrected chi connectivity index (χ3v) is 7.36. The summed E-state index contributed by atoms with van der Waals surface area (Å²) in [5.41, 5.74) is 5.76. The van der Waals surface area contributed by atoms with E-state index in [9.17, 15) is 26.8 Å². The minimum Gasteiger partial charge on any atom is -0.364 e. The van der Waals surface area contributed by atoms with Gasteiger partial charge in [0.25, 0.3) is 5.91 Å². The molecular weight excluding hydrogens is 430 g/mol. The number of carbonyl (C=O) groups is 2. The molecule has 1 unspecified atom stereocenters. The third kappa shape index (κ3) is 4.77. The lowest BCUT2D eigenvalue weighted by Crippen LogP contribution is -2.43. The lowest BCUT2D eigenvalue weighted by Gasteiger charge is -2.31. The predicted molar refractivity (Wildman–Crippen MR) is 108 cm³/mol. The molecule has 1 aromatic carbocycles. The van der Waals surface area contributed by atoms with Gasteiger partial charge in [0.05, 0.1) is 6.04 Å². The van der Waals surface area contributed by atoms with Gasteiger partial charge < -0.3 is 15.6 Å². The van der Waals surface area contributed by atoms with Crippen molar-refractivity contribution in [2.75, 3.05) is 13.1 Å². The molecule has 11 heteroatoms. The van der Waals surface area contributed by atoms with Gasteiger partial charge in [-0.15, -0.1) is 0 Å². The van der Waals surface area contributed by atoms with Gasteiger partial charge in [0.1, 0.15) is 10.6 Å². The quantitative estimate of drug-likeness (QED) is 0.691. The van der Waals surface area contributed by atoms with Crippen LogP contribution in [0.4, 0.5) is 8.78 Å². The molecule has 31 heavy (non-hydrogen) atoms. The molecule has 2 aromatic rings. The summed E-state index contributed by atoms with van der Waals surface area (Å²) >= 11 is 0. The highest BCUT2D eigenvalue weighted by Gasteiger charge is 2.33. The molecule has 1 saturated heterocycles. The summed E-state index contributed by atoms with van der Waals surface area (Å²) in [7, 11) is -2.29. The van der Waals surface area contributed by atoms with Crippen molar-refractivity contribution in [1.82, 2.24) is 14.2 Å². The maximum atomic E-state index is 13.4. The van der Waals surface area contributed by atoms with Crippen LogP contribution < -0.4 is 11.1 Å². The van der Waals surface area contributed by atoms with Crippen LogP contribution in [0, 0.1) is 17.6 Å². The van der Waals surface area contributed by atoms with Gasteiger partial charge in [-0.05, 0) is 43.5 Å². The van der Waals surface area contributed by atoms with Crippen LogP contribution in [0.2, 0.25) is 0 Å². The summed E-state index contributed by atoms with van der Waals surface area (Å²) in [6.07, 6.45) is 1.95. The normalized spacial score (nSPS) is 16.8. The first-order chi connectivity index (χ1) is 14.5. The van der Waals surface area contributed by atoms with Crippen LogP contribution in [0.15, 0.2) is 35.4 Å². The highest BCUT2D eigenvalue weighted by molar-refractivity contribution is 7.89. The highest BCUT2D eigenvalue weighted by atomic mass is 32.2. The number of sulfonamides is 1. The van der Waals surface area contributed by atoms with E-state index in [1.54, 1.807) is 6.92 Å². The van der Waals surface area contributed by atoms with Crippen LogP contribution in [0.25, 0.3) is 0 Å². The Morgan fingerprint density at radius 1 is 1.16 bits per heavy atom. The van der Waals surface area contributed by atoms with E-state index in [-0.39, 0.29) is 29.6 Å². The van der Waals surface area contributed by atoms with Gasteiger partial charge in [-0.3, -0.25) is 9.59 Å². The lowest BCUT2D eigenvalue weighted by molar-refractivity contribution is -0.126. The molecule has 1 aliphatic rings. The van der Waals surface area contributed by atoms with Gasteiger partial charge >= 0.3 is 0 Å². The number of hydrogen-bond acceptors (Lipinski definition) is 4. The Balaban J connectivity index is 1.62. The topological polar surface area (TPSA) is 114 Å². The molecule has 0 bridgehead atoms. The van der Waals surface area contributed by atoms with E-state index in [0.717, 1.165) is 12.1 Å². The summed E-state index contributed by atoms with van der Waals surface area (Å²) in [6.45, 7) is 1.94. The first-order valence-corrected chi connectivity index (χ1v) is 11.2. The highest BCUT2D eigenvalue weighted by Crippen LogP contribution is 2.26.